The minimum Gasteiger partial charge on any atom is -0.484 e. The van der Waals surface area contributed by atoms with E-state index in [4.69, 9.17) is 10.5 Å². The van der Waals surface area contributed by atoms with Crippen LogP contribution in [0.4, 0.5) is 0 Å². The molecule has 0 fully saturated rings. The molecule has 2 amide bonds. The summed E-state index contributed by atoms with van der Waals surface area (Å²) in [4.78, 5) is 27.1. The molecule has 0 aliphatic carbocycles. The number of pyridine rings is 1. The van der Waals surface area contributed by atoms with Gasteiger partial charge in [0.1, 0.15) is 5.75 Å². The molecule has 22 heavy (non-hydrogen) atoms. The van der Waals surface area contributed by atoms with Crippen LogP contribution in [0.2, 0.25) is 0 Å². The highest BCUT2D eigenvalue weighted by atomic mass is 16.5. The molecule has 2 rings (SSSR count). The number of ether oxygens (including phenoxy) is 1. The molecule has 6 heteroatoms. The summed E-state index contributed by atoms with van der Waals surface area (Å²) >= 11 is 0. The first kappa shape index (κ1) is 15.5. The molecule has 0 bridgehead atoms. The second kappa shape index (κ2) is 7.21. The van der Waals surface area contributed by atoms with E-state index in [1.54, 1.807) is 24.4 Å². The second-order valence-electron chi connectivity index (χ2n) is 4.72. The predicted molar refractivity (Wildman–Crippen MR) is 81.2 cm³/mol. The Kier molecular flexibility index (Phi) is 5.08. The average molecular weight is 299 g/mol. The number of carbonyl (C=O) groups excluding carboxylic acids is 2. The summed E-state index contributed by atoms with van der Waals surface area (Å²) in [7, 11) is 0. The number of hydrogen-bond acceptors (Lipinski definition) is 4. The summed E-state index contributed by atoms with van der Waals surface area (Å²) in [5.74, 6) is -0.404. The third-order valence-corrected chi connectivity index (χ3v) is 3.00. The number of amides is 2. The topological polar surface area (TPSA) is 94.3 Å². The Balaban J connectivity index is 1.88. The van der Waals surface area contributed by atoms with Crippen LogP contribution in [0.1, 0.15) is 29.0 Å². The van der Waals surface area contributed by atoms with Crippen molar-refractivity contribution in [1.82, 2.24) is 10.3 Å². The van der Waals surface area contributed by atoms with Crippen molar-refractivity contribution in [1.29, 1.82) is 0 Å². The van der Waals surface area contributed by atoms with E-state index < -0.39 is 5.91 Å². The molecule has 1 aromatic carbocycles. The van der Waals surface area contributed by atoms with Crippen molar-refractivity contribution in [3.63, 3.8) is 0 Å². The molecule has 0 aliphatic heterocycles. The highest BCUT2D eigenvalue weighted by Crippen LogP contribution is 2.13. The molecular weight excluding hydrogens is 282 g/mol. The monoisotopic (exact) mass is 299 g/mol. The van der Waals surface area contributed by atoms with Crippen LogP contribution in [0.15, 0.2) is 48.7 Å². The maximum absolute atomic E-state index is 11.9. The number of benzene rings is 1. The molecule has 0 saturated carbocycles. The van der Waals surface area contributed by atoms with Gasteiger partial charge in [0.05, 0.1) is 11.7 Å². The van der Waals surface area contributed by atoms with Gasteiger partial charge in [0, 0.05) is 11.8 Å². The highest BCUT2D eigenvalue weighted by molar-refractivity contribution is 5.93. The number of nitrogens with zero attached hydrogens (tertiary/aromatic N) is 1. The zero-order valence-corrected chi connectivity index (χ0v) is 12.2. The Labute approximate surface area is 128 Å². The molecule has 1 atom stereocenters. The smallest absolute Gasteiger partial charge is 0.258 e. The van der Waals surface area contributed by atoms with Gasteiger partial charge in [-0.15, -0.1) is 0 Å². The maximum Gasteiger partial charge on any atom is 0.258 e. The van der Waals surface area contributed by atoms with E-state index in [1.807, 2.05) is 25.1 Å². The molecule has 0 saturated heterocycles. The lowest BCUT2D eigenvalue weighted by Crippen LogP contribution is -2.31. The molecule has 0 aliphatic rings. The molecule has 0 spiro atoms. The van der Waals surface area contributed by atoms with E-state index in [2.05, 4.69) is 10.3 Å². The first-order chi connectivity index (χ1) is 10.6. The third kappa shape index (κ3) is 4.31. The molecule has 1 heterocycles. The van der Waals surface area contributed by atoms with Crippen molar-refractivity contribution in [2.45, 2.75) is 13.0 Å². The number of nitrogens with one attached hydrogen (secondary N) is 1. The van der Waals surface area contributed by atoms with Crippen molar-refractivity contribution in [2.24, 2.45) is 5.73 Å². The Morgan fingerprint density at radius 2 is 2.09 bits per heavy atom. The van der Waals surface area contributed by atoms with Crippen LogP contribution in [-0.2, 0) is 4.79 Å². The summed E-state index contributed by atoms with van der Waals surface area (Å²) in [5, 5.41) is 2.79. The lowest BCUT2D eigenvalue weighted by Gasteiger charge is -2.13. The van der Waals surface area contributed by atoms with Gasteiger partial charge in [-0.3, -0.25) is 14.6 Å². The van der Waals surface area contributed by atoms with Gasteiger partial charge in [0.2, 0.25) is 5.91 Å². The SMILES string of the molecule is C[C@@H](NC(=O)COc1cccc(C(N)=O)c1)c1ccccn1. The van der Waals surface area contributed by atoms with Crippen molar-refractivity contribution in [3.8, 4) is 5.75 Å². The standard InChI is InChI=1S/C16H17N3O3/c1-11(14-7-2-3-8-18-14)19-15(20)10-22-13-6-4-5-12(9-13)16(17)21/h2-9,11H,10H2,1H3,(H2,17,21)(H,19,20)/t11-/m1/s1. The van der Waals surface area contributed by atoms with Crippen LogP contribution in [0.3, 0.4) is 0 Å². The zero-order chi connectivity index (χ0) is 15.9. The van der Waals surface area contributed by atoms with E-state index in [0.29, 0.717) is 11.3 Å². The largest absolute Gasteiger partial charge is 0.484 e. The van der Waals surface area contributed by atoms with E-state index in [0.717, 1.165) is 5.69 Å². The predicted octanol–water partition coefficient (Wildman–Crippen LogP) is 1.44. The van der Waals surface area contributed by atoms with Crippen LogP contribution >= 0.6 is 0 Å². The Morgan fingerprint density at radius 3 is 2.77 bits per heavy atom. The lowest BCUT2D eigenvalue weighted by atomic mass is 10.2. The van der Waals surface area contributed by atoms with E-state index in [9.17, 15) is 9.59 Å². The molecule has 6 nitrogen and oxygen atoms in total. The summed E-state index contributed by atoms with van der Waals surface area (Å²) in [6.45, 7) is 1.69. The number of hydrogen-bond donors (Lipinski definition) is 2. The molecule has 3 N–H and O–H groups in total. The summed E-state index contributed by atoms with van der Waals surface area (Å²) in [6.07, 6.45) is 1.67. The molecule has 0 radical (unpaired) electrons. The zero-order valence-electron chi connectivity index (χ0n) is 12.2. The molecule has 114 valence electrons. The fourth-order valence-corrected chi connectivity index (χ4v) is 1.88. The van der Waals surface area contributed by atoms with Crippen LogP contribution in [0.5, 0.6) is 5.75 Å². The number of primary amides is 1. The summed E-state index contributed by atoms with van der Waals surface area (Å²) in [5.41, 5.74) is 6.29. The number of carbonyl (C=O) groups is 2. The van der Waals surface area contributed by atoms with Gasteiger partial charge in [-0.1, -0.05) is 12.1 Å². The summed E-state index contributed by atoms with van der Waals surface area (Å²) in [6, 6.07) is 11.7. The van der Waals surface area contributed by atoms with Crippen LogP contribution in [0, 0.1) is 0 Å². The Bertz CT molecular complexity index is 659. The molecular formula is C16H17N3O3. The van der Waals surface area contributed by atoms with Gasteiger partial charge in [-0.05, 0) is 37.3 Å². The minimum absolute atomic E-state index is 0.153. The van der Waals surface area contributed by atoms with Crippen molar-refractivity contribution < 1.29 is 14.3 Å². The highest BCUT2D eigenvalue weighted by Gasteiger charge is 2.11. The Hall–Kier alpha value is -2.89. The van der Waals surface area contributed by atoms with E-state index in [1.165, 1.54) is 6.07 Å². The van der Waals surface area contributed by atoms with Gasteiger partial charge >= 0.3 is 0 Å². The van der Waals surface area contributed by atoms with Crippen molar-refractivity contribution in [3.05, 3.63) is 59.9 Å². The third-order valence-electron chi connectivity index (χ3n) is 3.00. The van der Waals surface area contributed by atoms with Gasteiger partial charge in [0.25, 0.3) is 5.91 Å². The van der Waals surface area contributed by atoms with Gasteiger partial charge in [-0.2, -0.15) is 0 Å². The first-order valence-electron chi connectivity index (χ1n) is 6.79. The maximum atomic E-state index is 11.9. The van der Waals surface area contributed by atoms with Crippen LogP contribution in [-0.4, -0.2) is 23.4 Å². The molecule has 0 unspecified atom stereocenters. The summed E-state index contributed by atoms with van der Waals surface area (Å²) < 4.78 is 5.36. The quantitative estimate of drug-likeness (QED) is 0.843. The lowest BCUT2D eigenvalue weighted by molar-refractivity contribution is -0.123. The first-order valence-corrected chi connectivity index (χ1v) is 6.79. The Morgan fingerprint density at radius 1 is 1.27 bits per heavy atom. The fraction of sp³-hybridized carbons (Fsp3) is 0.188. The van der Waals surface area contributed by atoms with Gasteiger partial charge in [-0.25, -0.2) is 0 Å². The van der Waals surface area contributed by atoms with Gasteiger partial charge in [0.15, 0.2) is 6.61 Å². The van der Waals surface area contributed by atoms with E-state index in [-0.39, 0.29) is 18.6 Å². The number of nitrogens with two attached hydrogens (primary N) is 1. The van der Waals surface area contributed by atoms with Crippen molar-refractivity contribution >= 4 is 11.8 Å². The fourth-order valence-electron chi connectivity index (χ4n) is 1.88. The van der Waals surface area contributed by atoms with Gasteiger partial charge < -0.3 is 15.8 Å². The minimum atomic E-state index is -0.543. The molecule has 2 aromatic rings. The van der Waals surface area contributed by atoms with Crippen LogP contribution < -0.4 is 15.8 Å². The average Bonchev–Trinajstić information content (AvgIpc) is 2.54. The molecule has 1 aromatic heterocycles. The van der Waals surface area contributed by atoms with Crippen molar-refractivity contribution in [2.75, 3.05) is 6.61 Å². The van der Waals surface area contributed by atoms with Crippen LogP contribution in [0.25, 0.3) is 0 Å². The second-order valence-corrected chi connectivity index (χ2v) is 4.72. The number of rotatable bonds is 6. The van der Waals surface area contributed by atoms with E-state index >= 15 is 0 Å². The number of aromatic nitrogens is 1. The normalized spacial score (nSPS) is 11.5.